The summed E-state index contributed by atoms with van der Waals surface area (Å²) in [5.41, 5.74) is 2.38. The maximum atomic E-state index is 12.1. The second-order valence-electron chi connectivity index (χ2n) is 5.65. The smallest absolute Gasteiger partial charge is 0.422 e. The number of carbonyl (C=O) groups excluding carboxylic acids is 1. The van der Waals surface area contributed by atoms with Gasteiger partial charge in [0, 0.05) is 35.9 Å². The Kier molecular flexibility index (Phi) is 5.11. The topological polar surface area (TPSA) is 67.0 Å². The second-order valence-corrected chi connectivity index (χ2v) is 5.65. The quantitative estimate of drug-likeness (QED) is 0.705. The fourth-order valence-electron chi connectivity index (χ4n) is 2.51. The molecule has 1 amide bonds. The maximum absolute atomic E-state index is 12.1. The number of benzene rings is 1. The zero-order chi connectivity index (χ0) is 18.6. The van der Waals surface area contributed by atoms with Gasteiger partial charge in [-0.2, -0.15) is 13.2 Å². The highest BCUT2D eigenvalue weighted by molar-refractivity contribution is 5.94. The van der Waals surface area contributed by atoms with E-state index in [0.29, 0.717) is 13.0 Å². The lowest BCUT2D eigenvalue weighted by atomic mass is 10.1. The van der Waals surface area contributed by atoms with Gasteiger partial charge in [-0.05, 0) is 24.1 Å². The Hall–Kier alpha value is -3.03. The number of aromatic amines is 1. The van der Waals surface area contributed by atoms with Crippen LogP contribution in [0.2, 0.25) is 0 Å². The SMILES string of the molecule is O=C(NCCc1c[nH]c2ccccc12)c1ccc(OCC(F)(F)F)nc1. The number of halogens is 3. The molecule has 1 aromatic carbocycles. The Labute approximate surface area is 147 Å². The summed E-state index contributed by atoms with van der Waals surface area (Å²) in [6.07, 6.45) is -0.687. The highest BCUT2D eigenvalue weighted by Gasteiger charge is 2.28. The lowest BCUT2D eigenvalue weighted by molar-refractivity contribution is -0.154. The normalized spacial score (nSPS) is 11.5. The number of fused-ring (bicyclic) bond motifs is 1. The minimum atomic E-state index is -4.43. The van der Waals surface area contributed by atoms with E-state index in [1.54, 1.807) is 0 Å². The second kappa shape index (κ2) is 7.47. The third kappa shape index (κ3) is 4.53. The van der Waals surface area contributed by atoms with Crippen molar-refractivity contribution in [3.05, 3.63) is 59.9 Å². The number of ether oxygens (including phenoxy) is 1. The minimum absolute atomic E-state index is 0.183. The third-order valence-electron chi connectivity index (χ3n) is 3.74. The van der Waals surface area contributed by atoms with Crippen molar-refractivity contribution >= 4 is 16.8 Å². The lowest BCUT2D eigenvalue weighted by Gasteiger charge is -2.09. The predicted molar refractivity (Wildman–Crippen MR) is 90.1 cm³/mol. The van der Waals surface area contributed by atoms with E-state index in [-0.39, 0.29) is 17.4 Å². The van der Waals surface area contributed by atoms with Crippen LogP contribution in [0.5, 0.6) is 5.88 Å². The van der Waals surface area contributed by atoms with E-state index in [0.717, 1.165) is 16.5 Å². The summed E-state index contributed by atoms with van der Waals surface area (Å²) in [5.74, 6) is -0.530. The average molecular weight is 363 g/mol. The van der Waals surface area contributed by atoms with Crippen molar-refractivity contribution in [1.82, 2.24) is 15.3 Å². The zero-order valence-corrected chi connectivity index (χ0v) is 13.6. The summed E-state index contributed by atoms with van der Waals surface area (Å²) in [7, 11) is 0. The number of para-hydroxylation sites is 1. The van der Waals surface area contributed by atoms with Gasteiger partial charge in [-0.1, -0.05) is 18.2 Å². The van der Waals surface area contributed by atoms with Crippen LogP contribution in [0.3, 0.4) is 0 Å². The van der Waals surface area contributed by atoms with Gasteiger partial charge in [0.25, 0.3) is 5.91 Å². The number of hydrogen-bond donors (Lipinski definition) is 2. The average Bonchev–Trinajstić information content (AvgIpc) is 3.03. The first-order chi connectivity index (χ1) is 12.4. The number of rotatable bonds is 6. The van der Waals surface area contributed by atoms with Crippen LogP contribution in [0, 0.1) is 0 Å². The van der Waals surface area contributed by atoms with Crippen molar-refractivity contribution in [3.63, 3.8) is 0 Å². The van der Waals surface area contributed by atoms with Gasteiger partial charge < -0.3 is 15.0 Å². The molecule has 8 heteroatoms. The van der Waals surface area contributed by atoms with E-state index in [4.69, 9.17) is 0 Å². The van der Waals surface area contributed by atoms with Crippen molar-refractivity contribution in [3.8, 4) is 5.88 Å². The molecule has 26 heavy (non-hydrogen) atoms. The molecule has 0 bridgehead atoms. The molecule has 0 aliphatic rings. The Bertz CT molecular complexity index is 889. The fourth-order valence-corrected chi connectivity index (χ4v) is 2.51. The number of amides is 1. The molecule has 0 unspecified atom stereocenters. The molecule has 0 fully saturated rings. The first-order valence-corrected chi connectivity index (χ1v) is 7.91. The standard InChI is InChI=1S/C18H16F3N3O2/c19-18(20,21)11-26-16-6-5-13(10-24-16)17(25)22-8-7-12-9-23-15-4-2-1-3-14(12)15/h1-6,9-10,23H,7-8,11H2,(H,22,25). The van der Waals surface area contributed by atoms with Crippen LogP contribution in [-0.2, 0) is 6.42 Å². The molecule has 3 aromatic rings. The molecule has 0 spiro atoms. The van der Waals surface area contributed by atoms with Crippen LogP contribution in [0.1, 0.15) is 15.9 Å². The summed E-state index contributed by atoms with van der Waals surface area (Å²) in [5, 5.41) is 3.87. The van der Waals surface area contributed by atoms with Gasteiger partial charge in [-0.15, -0.1) is 0 Å². The van der Waals surface area contributed by atoms with Crippen LogP contribution in [0.4, 0.5) is 13.2 Å². The van der Waals surface area contributed by atoms with Crippen LogP contribution < -0.4 is 10.1 Å². The molecule has 0 radical (unpaired) electrons. The number of nitrogens with zero attached hydrogens (tertiary/aromatic N) is 1. The molecule has 2 heterocycles. The number of nitrogens with one attached hydrogen (secondary N) is 2. The van der Waals surface area contributed by atoms with Gasteiger partial charge in [0.15, 0.2) is 6.61 Å². The van der Waals surface area contributed by atoms with Crippen LogP contribution >= 0.6 is 0 Å². The van der Waals surface area contributed by atoms with Gasteiger partial charge in [-0.3, -0.25) is 4.79 Å². The van der Waals surface area contributed by atoms with E-state index >= 15 is 0 Å². The van der Waals surface area contributed by atoms with E-state index in [1.807, 2.05) is 30.5 Å². The number of H-pyrrole nitrogens is 1. The molecule has 0 atom stereocenters. The van der Waals surface area contributed by atoms with Crippen molar-refractivity contribution in [2.75, 3.05) is 13.2 Å². The summed E-state index contributed by atoms with van der Waals surface area (Å²) in [4.78, 5) is 19.0. The molecule has 5 nitrogen and oxygen atoms in total. The van der Waals surface area contributed by atoms with Crippen molar-refractivity contribution in [1.29, 1.82) is 0 Å². The molecule has 3 rings (SSSR count). The summed E-state index contributed by atoms with van der Waals surface area (Å²) in [6, 6.07) is 10.5. The van der Waals surface area contributed by atoms with E-state index < -0.39 is 12.8 Å². The highest BCUT2D eigenvalue weighted by atomic mass is 19.4. The van der Waals surface area contributed by atoms with Crippen LogP contribution in [0.25, 0.3) is 10.9 Å². The highest BCUT2D eigenvalue weighted by Crippen LogP contribution is 2.18. The Balaban J connectivity index is 1.52. The number of pyridine rings is 1. The molecule has 0 saturated carbocycles. The minimum Gasteiger partial charge on any atom is -0.468 e. The number of aromatic nitrogens is 2. The third-order valence-corrected chi connectivity index (χ3v) is 3.74. The predicted octanol–water partition coefficient (Wildman–Crippen LogP) is 3.48. The van der Waals surface area contributed by atoms with Crippen molar-refractivity contribution in [2.45, 2.75) is 12.6 Å². The molecule has 0 saturated heterocycles. The molecule has 136 valence electrons. The fraction of sp³-hybridized carbons (Fsp3) is 0.222. The number of carbonyl (C=O) groups is 1. The van der Waals surface area contributed by atoms with Gasteiger partial charge in [0.2, 0.25) is 5.88 Å². The van der Waals surface area contributed by atoms with Crippen molar-refractivity contribution < 1.29 is 22.7 Å². The van der Waals surface area contributed by atoms with Gasteiger partial charge >= 0.3 is 6.18 Å². The number of hydrogen-bond acceptors (Lipinski definition) is 3. The molecular weight excluding hydrogens is 347 g/mol. The summed E-state index contributed by atoms with van der Waals surface area (Å²) >= 11 is 0. The molecule has 2 aromatic heterocycles. The van der Waals surface area contributed by atoms with Gasteiger partial charge in [-0.25, -0.2) is 4.98 Å². The van der Waals surface area contributed by atoms with E-state index in [9.17, 15) is 18.0 Å². The maximum Gasteiger partial charge on any atom is 0.422 e. The van der Waals surface area contributed by atoms with Crippen LogP contribution in [0.15, 0.2) is 48.8 Å². The Morgan fingerprint density at radius 1 is 1.19 bits per heavy atom. The molecular formula is C18H16F3N3O2. The molecule has 2 N–H and O–H groups in total. The first-order valence-electron chi connectivity index (χ1n) is 7.91. The Morgan fingerprint density at radius 2 is 2.00 bits per heavy atom. The number of alkyl halides is 3. The molecule has 0 aliphatic carbocycles. The summed E-state index contributed by atoms with van der Waals surface area (Å²) < 4.78 is 40.8. The zero-order valence-electron chi connectivity index (χ0n) is 13.6. The Morgan fingerprint density at radius 3 is 2.73 bits per heavy atom. The summed E-state index contributed by atoms with van der Waals surface area (Å²) in [6.45, 7) is -0.997. The molecule has 0 aliphatic heterocycles. The van der Waals surface area contributed by atoms with E-state index in [2.05, 4.69) is 20.0 Å². The lowest BCUT2D eigenvalue weighted by Crippen LogP contribution is -2.25. The van der Waals surface area contributed by atoms with E-state index in [1.165, 1.54) is 18.3 Å². The van der Waals surface area contributed by atoms with Gasteiger partial charge in [0.05, 0.1) is 5.56 Å². The first kappa shape index (κ1) is 17.8. The van der Waals surface area contributed by atoms with Crippen LogP contribution in [-0.4, -0.2) is 35.2 Å². The van der Waals surface area contributed by atoms with Crippen molar-refractivity contribution in [2.24, 2.45) is 0 Å². The van der Waals surface area contributed by atoms with Gasteiger partial charge in [0.1, 0.15) is 0 Å². The monoisotopic (exact) mass is 363 g/mol. The largest absolute Gasteiger partial charge is 0.468 e.